The Labute approximate surface area is 305 Å². The highest BCUT2D eigenvalue weighted by atomic mass is 16.5. The lowest BCUT2D eigenvalue weighted by Gasteiger charge is -2.58. The van der Waals surface area contributed by atoms with Gasteiger partial charge in [-0.2, -0.15) is 0 Å². The second-order valence-corrected chi connectivity index (χ2v) is 18.3. The largest absolute Gasteiger partial charge is 0.462 e. The van der Waals surface area contributed by atoms with Crippen LogP contribution in [0.1, 0.15) is 196 Å². The summed E-state index contributed by atoms with van der Waals surface area (Å²) in [6.07, 6.45) is 40.5. The summed E-state index contributed by atoms with van der Waals surface area (Å²) in [7, 11) is 0. The summed E-state index contributed by atoms with van der Waals surface area (Å²) in [4.78, 5) is 12.8. The maximum absolute atomic E-state index is 12.8. The molecule has 0 aliphatic heterocycles. The molecule has 0 heterocycles. The second kappa shape index (κ2) is 20.1. The summed E-state index contributed by atoms with van der Waals surface area (Å²) in [6.45, 7) is 17.4. The summed E-state index contributed by atoms with van der Waals surface area (Å²) in [5, 5.41) is 0. The molecular weight excluding hydrogens is 597 g/mol. The monoisotopic (exact) mass is 677 g/mol. The van der Waals surface area contributed by atoms with Crippen LogP contribution in [0.3, 0.4) is 0 Å². The van der Waals surface area contributed by atoms with Crippen LogP contribution >= 0.6 is 0 Å². The molecule has 0 saturated heterocycles. The molecule has 0 amide bonds. The van der Waals surface area contributed by atoms with E-state index in [0.29, 0.717) is 17.3 Å². The Bertz CT molecular complexity index is 1070. The summed E-state index contributed by atoms with van der Waals surface area (Å²) in [5.41, 5.74) is 2.50. The molecule has 9 atom stereocenters. The molecule has 0 N–H and O–H groups in total. The van der Waals surface area contributed by atoms with Gasteiger partial charge in [-0.05, 0) is 142 Å². The van der Waals surface area contributed by atoms with E-state index in [1.165, 1.54) is 109 Å². The minimum atomic E-state index is 0.0479. The molecule has 4 aliphatic carbocycles. The molecule has 280 valence electrons. The van der Waals surface area contributed by atoms with Gasteiger partial charge in [-0.15, -0.1) is 0 Å². The Kier molecular flexibility index (Phi) is 16.6. The topological polar surface area (TPSA) is 26.3 Å². The van der Waals surface area contributed by atoms with Gasteiger partial charge in [0, 0.05) is 12.8 Å². The van der Waals surface area contributed by atoms with Crippen molar-refractivity contribution in [3.05, 3.63) is 36.0 Å². The smallest absolute Gasteiger partial charge is 0.306 e. The van der Waals surface area contributed by atoms with Crippen molar-refractivity contribution in [1.29, 1.82) is 0 Å². The van der Waals surface area contributed by atoms with Gasteiger partial charge in [0.1, 0.15) is 6.10 Å². The van der Waals surface area contributed by atoms with Gasteiger partial charge in [-0.25, -0.2) is 0 Å². The highest BCUT2D eigenvalue weighted by Crippen LogP contribution is 2.67. The average molecular weight is 677 g/mol. The van der Waals surface area contributed by atoms with Crippen molar-refractivity contribution in [2.24, 2.45) is 52.3 Å². The summed E-state index contributed by atoms with van der Waals surface area (Å²) in [6, 6.07) is 0. The maximum atomic E-state index is 12.8. The molecule has 3 saturated carbocycles. The summed E-state index contributed by atoms with van der Waals surface area (Å²) < 4.78 is 6.13. The Hall–Kier alpha value is -1.31. The molecule has 0 bridgehead atoms. The van der Waals surface area contributed by atoms with Gasteiger partial charge >= 0.3 is 5.97 Å². The molecular formula is C47H80O2. The van der Waals surface area contributed by atoms with Crippen LogP contribution in [-0.4, -0.2) is 12.1 Å². The molecule has 49 heavy (non-hydrogen) atoms. The second-order valence-electron chi connectivity index (χ2n) is 18.3. The Morgan fingerprint density at radius 2 is 1.55 bits per heavy atom. The van der Waals surface area contributed by atoms with Gasteiger partial charge in [0.15, 0.2) is 0 Å². The Morgan fingerprint density at radius 1 is 0.837 bits per heavy atom. The van der Waals surface area contributed by atoms with Crippen LogP contribution in [0.5, 0.6) is 0 Å². The van der Waals surface area contributed by atoms with Crippen LogP contribution in [0.4, 0.5) is 0 Å². The van der Waals surface area contributed by atoms with E-state index in [2.05, 4.69) is 78.8 Å². The lowest BCUT2D eigenvalue weighted by atomic mass is 9.47. The van der Waals surface area contributed by atoms with Gasteiger partial charge < -0.3 is 4.74 Å². The molecule has 2 nitrogen and oxygen atoms in total. The van der Waals surface area contributed by atoms with Crippen LogP contribution in [0.15, 0.2) is 36.0 Å². The third kappa shape index (κ3) is 10.9. The number of hydrogen-bond donors (Lipinski definition) is 0. The first-order chi connectivity index (χ1) is 23.6. The number of allylic oxidation sites excluding steroid dienone is 5. The molecule has 0 aromatic rings. The van der Waals surface area contributed by atoms with E-state index < -0.39 is 0 Å². The molecule has 0 spiro atoms. The molecule has 0 aromatic carbocycles. The fraction of sp³-hybridized carbons (Fsp3) is 0.851. The van der Waals surface area contributed by atoms with E-state index in [4.69, 9.17) is 4.74 Å². The standard InChI is InChI=1S/C47H80O2/c1-8-10-11-12-13-14-15-16-17-18-19-20-21-22-23-24-45(48)49-40-31-33-46(6)39(35-40)27-28-41-43-30-29-42(47(43,7)34-32-44(41)46)37(5)25-26-38(9-2)36(3)4/h13-14,16-17,27,36-38,40-44H,8-12,15,18-26,28-35H2,1-7H3/t37-,38-,40?,41+,42-,43+,44+,46+,47-/m1/s1. The Morgan fingerprint density at radius 3 is 2.27 bits per heavy atom. The SMILES string of the molecule is CCCCCC=CCC=CCCCCCCCC(=O)OC1CC[C@@]2(C)C(=CC[C@H]3[C@@H]4CC[C@H]([C@H](C)CC[C@@H](CC)C(C)C)[C@@]4(C)CC[C@@H]32)C1. The van der Waals surface area contributed by atoms with Crippen molar-refractivity contribution in [2.75, 3.05) is 0 Å². The third-order valence-corrected chi connectivity index (χ3v) is 14.9. The fourth-order valence-electron chi connectivity index (χ4n) is 11.7. The number of carbonyl (C=O) groups is 1. The number of hydrogen-bond acceptors (Lipinski definition) is 2. The van der Waals surface area contributed by atoms with Crippen molar-refractivity contribution in [1.82, 2.24) is 0 Å². The van der Waals surface area contributed by atoms with E-state index >= 15 is 0 Å². The summed E-state index contributed by atoms with van der Waals surface area (Å²) >= 11 is 0. The van der Waals surface area contributed by atoms with Gasteiger partial charge in [0.25, 0.3) is 0 Å². The first-order valence-corrected chi connectivity index (χ1v) is 21.8. The first-order valence-electron chi connectivity index (χ1n) is 21.8. The normalized spacial score (nSPS) is 32.6. The third-order valence-electron chi connectivity index (χ3n) is 14.9. The zero-order valence-electron chi connectivity index (χ0n) is 33.6. The first kappa shape index (κ1) is 40.5. The highest BCUT2D eigenvalue weighted by Gasteiger charge is 2.59. The zero-order chi connectivity index (χ0) is 35.3. The van der Waals surface area contributed by atoms with Gasteiger partial charge in [0.05, 0.1) is 0 Å². The number of ether oxygens (including phenoxy) is 1. The van der Waals surface area contributed by atoms with Crippen LogP contribution in [0.2, 0.25) is 0 Å². The maximum Gasteiger partial charge on any atom is 0.306 e. The average Bonchev–Trinajstić information content (AvgIpc) is 3.44. The quantitative estimate of drug-likeness (QED) is 0.0687. The van der Waals surface area contributed by atoms with E-state index in [0.717, 1.165) is 73.5 Å². The highest BCUT2D eigenvalue weighted by molar-refractivity contribution is 5.69. The molecule has 1 unspecified atom stereocenters. The van der Waals surface area contributed by atoms with Crippen LogP contribution < -0.4 is 0 Å². The van der Waals surface area contributed by atoms with Gasteiger partial charge in [-0.1, -0.05) is 129 Å². The minimum absolute atomic E-state index is 0.0479. The van der Waals surface area contributed by atoms with Crippen molar-refractivity contribution < 1.29 is 9.53 Å². The molecule has 4 rings (SSSR count). The molecule has 2 heteroatoms. The zero-order valence-corrected chi connectivity index (χ0v) is 33.6. The predicted molar refractivity (Wildman–Crippen MR) is 211 cm³/mol. The van der Waals surface area contributed by atoms with Crippen LogP contribution in [0, 0.1) is 52.3 Å². The molecule has 4 aliphatic rings. The predicted octanol–water partition coefficient (Wildman–Crippen LogP) is 14.4. The van der Waals surface area contributed by atoms with Crippen molar-refractivity contribution in [2.45, 2.75) is 202 Å². The fourth-order valence-corrected chi connectivity index (χ4v) is 11.7. The number of carbonyl (C=O) groups excluding carboxylic acids is 1. The number of esters is 1. The van der Waals surface area contributed by atoms with Crippen molar-refractivity contribution >= 4 is 5.97 Å². The van der Waals surface area contributed by atoms with E-state index in [9.17, 15) is 4.79 Å². The number of rotatable bonds is 21. The van der Waals surface area contributed by atoms with E-state index in [-0.39, 0.29) is 12.1 Å². The van der Waals surface area contributed by atoms with Crippen LogP contribution in [0.25, 0.3) is 0 Å². The number of fused-ring (bicyclic) bond motifs is 5. The van der Waals surface area contributed by atoms with E-state index in [1.54, 1.807) is 5.57 Å². The minimum Gasteiger partial charge on any atom is -0.462 e. The lowest BCUT2D eigenvalue weighted by molar-refractivity contribution is -0.151. The van der Waals surface area contributed by atoms with E-state index in [1.807, 2.05) is 0 Å². The van der Waals surface area contributed by atoms with Crippen molar-refractivity contribution in [3.8, 4) is 0 Å². The Balaban J connectivity index is 1.14. The lowest BCUT2D eigenvalue weighted by Crippen LogP contribution is -2.51. The molecule has 0 aromatic heterocycles. The summed E-state index contributed by atoms with van der Waals surface area (Å²) in [5.74, 6) is 6.13. The number of unbranched alkanes of at least 4 members (excludes halogenated alkanes) is 8. The van der Waals surface area contributed by atoms with Crippen molar-refractivity contribution in [3.63, 3.8) is 0 Å². The molecule has 3 fully saturated rings. The van der Waals surface area contributed by atoms with Crippen LogP contribution in [-0.2, 0) is 9.53 Å². The molecule has 0 radical (unpaired) electrons. The van der Waals surface area contributed by atoms with Gasteiger partial charge in [-0.3, -0.25) is 4.79 Å². The van der Waals surface area contributed by atoms with Gasteiger partial charge in [0.2, 0.25) is 0 Å².